The van der Waals surface area contributed by atoms with Gasteiger partial charge in [-0.3, -0.25) is 14.4 Å². The minimum Gasteiger partial charge on any atom is -0.368 e. The van der Waals surface area contributed by atoms with Gasteiger partial charge in [-0.25, -0.2) is 0 Å². The van der Waals surface area contributed by atoms with Gasteiger partial charge in [0.05, 0.1) is 6.07 Å². The van der Waals surface area contributed by atoms with Crippen molar-refractivity contribution in [1.29, 1.82) is 5.26 Å². The fourth-order valence-corrected chi connectivity index (χ4v) is 1.82. The quantitative estimate of drug-likeness (QED) is 0.567. The molecule has 98 valence electrons. The number of nitrogens with one attached hydrogen (secondary N) is 2. The fourth-order valence-electron chi connectivity index (χ4n) is 1.82. The molecule has 7 heteroatoms. The molecule has 3 amide bonds. The van der Waals surface area contributed by atoms with Crippen LogP contribution < -0.4 is 16.4 Å². The van der Waals surface area contributed by atoms with Crippen LogP contribution in [0.3, 0.4) is 0 Å². The molecule has 3 atom stereocenters. The van der Waals surface area contributed by atoms with E-state index in [1.165, 1.54) is 0 Å². The van der Waals surface area contributed by atoms with Crippen LogP contribution in [0.2, 0.25) is 0 Å². The molecule has 0 saturated carbocycles. The normalized spacial score (nSPS) is 21.6. The largest absolute Gasteiger partial charge is 0.368 e. The van der Waals surface area contributed by atoms with E-state index >= 15 is 0 Å². The number of rotatable bonds is 5. The number of nitrogens with zero attached hydrogens (tertiary/aromatic N) is 1. The second kappa shape index (κ2) is 6.00. The monoisotopic (exact) mass is 252 g/mol. The fraction of sp³-hybridized carbons (Fsp3) is 0.636. The molecule has 0 spiro atoms. The molecule has 1 saturated heterocycles. The lowest BCUT2D eigenvalue weighted by atomic mass is 9.98. The molecule has 7 nitrogen and oxygen atoms in total. The van der Waals surface area contributed by atoms with E-state index in [-0.39, 0.29) is 18.2 Å². The summed E-state index contributed by atoms with van der Waals surface area (Å²) >= 11 is 0. The highest BCUT2D eigenvalue weighted by Gasteiger charge is 2.31. The predicted octanol–water partition coefficient (Wildman–Crippen LogP) is -1.22. The highest BCUT2D eigenvalue weighted by Crippen LogP contribution is 2.10. The van der Waals surface area contributed by atoms with Crippen LogP contribution in [0.25, 0.3) is 0 Å². The average Bonchev–Trinajstić information content (AvgIpc) is 2.72. The minimum absolute atomic E-state index is 0.116. The van der Waals surface area contributed by atoms with E-state index in [2.05, 4.69) is 10.6 Å². The third-order valence-corrected chi connectivity index (χ3v) is 2.90. The Balaban J connectivity index is 2.61. The highest BCUT2D eigenvalue weighted by molar-refractivity contribution is 5.93. The first-order valence-electron chi connectivity index (χ1n) is 5.71. The van der Waals surface area contributed by atoms with Crippen molar-refractivity contribution < 1.29 is 14.4 Å². The van der Waals surface area contributed by atoms with Crippen molar-refractivity contribution in [2.45, 2.75) is 38.3 Å². The summed E-state index contributed by atoms with van der Waals surface area (Å²) < 4.78 is 0. The molecule has 1 aliphatic heterocycles. The Morgan fingerprint density at radius 3 is 2.78 bits per heavy atom. The zero-order chi connectivity index (χ0) is 13.7. The smallest absolute Gasteiger partial charge is 0.243 e. The van der Waals surface area contributed by atoms with E-state index in [9.17, 15) is 14.4 Å². The third kappa shape index (κ3) is 3.45. The van der Waals surface area contributed by atoms with Gasteiger partial charge in [-0.15, -0.1) is 0 Å². The van der Waals surface area contributed by atoms with Gasteiger partial charge in [0.2, 0.25) is 17.7 Å². The molecule has 0 bridgehead atoms. The number of primary amides is 1. The third-order valence-electron chi connectivity index (χ3n) is 2.90. The van der Waals surface area contributed by atoms with Gasteiger partial charge in [0.25, 0.3) is 0 Å². The zero-order valence-corrected chi connectivity index (χ0v) is 10.1. The topological polar surface area (TPSA) is 125 Å². The second-order valence-corrected chi connectivity index (χ2v) is 4.39. The van der Waals surface area contributed by atoms with Crippen molar-refractivity contribution in [2.24, 2.45) is 11.7 Å². The summed E-state index contributed by atoms with van der Waals surface area (Å²) in [6.45, 7) is 1.66. The molecule has 0 aromatic carbocycles. The second-order valence-electron chi connectivity index (χ2n) is 4.39. The van der Waals surface area contributed by atoms with Crippen LogP contribution in [0.15, 0.2) is 0 Å². The van der Waals surface area contributed by atoms with Crippen LogP contribution in [0, 0.1) is 17.2 Å². The van der Waals surface area contributed by atoms with Crippen LogP contribution in [0.5, 0.6) is 0 Å². The Morgan fingerprint density at radius 2 is 2.33 bits per heavy atom. The molecular weight excluding hydrogens is 236 g/mol. The van der Waals surface area contributed by atoms with Crippen molar-refractivity contribution in [3.8, 4) is 6.07 Å². The lowest BCUT2D eigenvalue weighted by molar-refractivity contribution is -0.130. The first-order valence-corrected chi connectivity index (χ1v) is 5.71. The molecule has 0 radical (unpaired) electrons. The van der Waals surface area contributed by atoms with Crippen molar-refractivity contribution in [3.63, 3.8) is 0 Å². The molecule has 0 aromatic rings. The van der Waals surface area contributed by atoms with Crippen LogP contribution in [-0.4, -0.2) is 29.8 Å². The van der Waals surface area contributed by atoms with Crippen molar-refractivity contribution >= 4 is 17.7 Å². The number of hydrogen-bond donors (Lipinski definition) is 3. The van der Waals surface area contributed by atoms with Gasteiger partial charge in [-0.1, -0.05) is 6.92 Å². The van der Waals surface area contributed by atoms with E-state index in [1.54, 1.807) is 6.92 Å². The Hall–Kier alpha value is -2.10. The van der Waals surface area contributed by atoms with Crippen molar-refractivity contribution in [2.75, 3.05) is 0 Å². The molecule has 1 aliphatic rings. The lowest BCUT2D eigenvalue weighted by Gasteiger charge is -2.22. The van der Waals surface area contributed by atoms with E-state index < -0.39 is 23.9 Å². The van der Waals surface area contributed by atoms with Crippen LogP contribution in [0.1, 0.15) is 26.2 Å². The Kier molecular flexibility index (Phi) is 4.66. The van der Waals surface area contributed by atoms with Crippen LogP contribution in [-0.2, 0) is 14.4 Å². The lowest BCUT2D eigenvalue weighted by Crippen LogP contribution is -2.53. The summed E-state index contributed by atoms with van der Waals surface area (Å²) in [4.78, 5) is 34.0. The minimum atomic E-state index is -0.894. The number of amides is 3. The summed E-state index contributed by atoms with van der Waals surface area (Å²) in [6, 6.07) is 0.413. The van der Waals surface area contributed by atoms with E-state index in [0.29, 0.717) is 12.8 Å². The maximum Gasteiger partial charge on any atom is 0.243 e. The van der Waals surface area contributed by atoms with E-state index in [0.717, 1.165) is 0 Å². The summed E-state index contributed by atoms with van der Waals surface area (Å²) in [5.41, 5.74) is 5.19. The molecule has 4 N–H and O–H groups in total. The summed E-state index contributed by atoms with van der Waals surface area (Å²) in [5.74, 6) is -1.67. The molecular formula is C11H16N4O3. The summed E-state index contributed by atoms with van der Waals surface area (Å²) in [5, 5.41) is 13.6. The van der Waals surface area contributed by atoms with E-state index in [4.69, 9.17) is 11.0 Å². The average molecular weight is 252 g/mol. The molecule has 0 aromatic heterocycles. The van der Waals surface area contributed by atoms with Gasteiger partial charge in [-0.05, 0) is 12.3 Å². The van der Waals surface area contributed by atoms with Crippen LogP contribution >= 0.6 is 0 Å². The molecule has 0 aliphatic carbocycles. The van der Waals surface area contributed by atoms with Crippen molar-refractivity contribution in [1.82, 2.24) is 10.6 Å². The highest BCUT2D eigenvalue weighted by atomic mass is 16.2. The number of carbonyl (C=O) groups is 3. The molecule has 1 fully saturated rings. The Labute approximate surface area is 105 Å². The van der Waals surface area contributed by atoms with Gasteiger partial charge in [0.15, 0.2) is 0 Å². The zero-order valence-electron chi connectivity index (χ0n) is 10.1. The van der Waals surface area contributed by atoms with E-state index in [1.807, 2.05) is 6.07 Å². The van der Waals surface area contributed by atoms with Gasteiger partial charge in [-0.2, -0.15) is 5.26 Å². The molecule has 1 rings (SSSR count). The molecule has 0 unspecified atom stereocenters. The predicted molar refractivity (Wildman–Crippen MR) is 61.7 cm³/mol. The first-order chi connectivity index (χ1) is 8.45. The Bertz CT molecular complexity index is 402. The standard InChI is InChI=1S/C11H16N4O3/c1-6(4-5-12)9(10(13)17)15-11(18)7-2-3-8(16)14-7/h6-7,9H,2-4H2,1H3,(H2,13,17)(H,14,16)(H,15,18)/t6-,7+,9-/m0/s1. The molecule has 18 heavy (non-hydrogen) atoms. The SMILES string of the molecule is C[C@@H](CC#N)[C@H](NC(=O)[C@H]1CCC(=O)N1)C(N)=O. The van der Waals surface area contributed by atoms with Gasteiger partial charge in [0, 0.05) is 12.8 Å². The first kappa shape index (κ1) is 14.0. The van der Waals surface area contributed by atoms with Gasteiger partial charge in [0.1, 0.15) is 12.1 Å². The number of nitrogens with two attached hydrogens (primary N) is 1. The van der Waals surface area contributed by atoms with Gasteiger partial charge >= 0.3 is 0 Å². The maximum atomic E-state index is 11.8. The van der Waals surface area contributed by atoms with Gasteiger partial charge < -0.3 is 16.4 Å². The number of carbonyl (C=O) groups excluding carboxylic acids is 3. The summed E-state index contributed by atoms with van der Waals surface area (Å²) in [7, 11) is 0. The Morgan fingerprint density at radius 1 is 1.67 bits per heavy atom. The number of nitriles is 1. The van der Waals surface area contributed by atoms with Crippen LogP contribution in [0.4, 0.5) is 0 Å². The summed E-state index contributed by atoms with van der Waals surface area (Å²) in [6.07, 6.45) is 0.820. The number of hydrogen-bond acceptors (Lipinski definition) is 4. The molecule has 1 heterocycles. The maximum absolute atomic E-state index is 11.8. The van der Waals surface area contributed by atoms with Crippen molar-refractivity contribution in [3.05, 3.63) is 0 Å².